The van der Waals surface area contributed by atoms with E-state index in [2.05, 4.69) is 20.6 Å². The first-order chi connectivity index (χ1) is 12.1. The highest BCUT2D eigenvalue weighted by molar-refractivity contribution is 6.06. The molecule has 2 N–H and O–H groups in total. The lowest BCUT2D eigenvalue weighted by Gasteiger charge is -2.07. The van der Waals surface area contributed by atoms with E-state index in [0.29, 0.717) is 35.8 Å². The fourth-order valence-electron chi connectivity index (χ4n) is 2.97. The van der Waals surface area contributed by atoms with Gasteiger partial charge >= 0.3 is 0 Å². The Bertz CT molecular complexity index is 992. The summed E-state index contributed by atoms with van der Waals surface area (Å²) >= 11 is 0. The highest BCUT2D eigenvalue weighted by atomic mass is 16.2. The standard InChI is InChI=1S/C18H17N5O2/c1-11-5-7-19-15(9-11)22-17(24)12-3-4-13-14(10-12)23-8-2-6-20-18(25)16(23)21-13/h3-5,7,9-10H,2,6,8H2,1H3,(H,20,25)(H,19,22,24). The molecule has 0 unspecified atom stereocenters. The Balaban J connectivity index is 1.70. The van der Waals surface area contributed by atoms with Crippen LogP contribution in [0.1, 0.15) is 33.0 Å². The zero-order valence-electron chi connectivity index (χ0n) is 13.7. The minimum absolute atomic E-state index is 0.177. The summed E-state index contributed by atoms with van der Waals surface area (Å²) in [6.07, 6.45) is 2.48. The van der Waals surface area contributed by atoms with Crippen molar-refractivity contribution in [2.24, 2.45) is 0 Å². The monoisotopic (exact) mass is 335 g/mol. The van der Waals surface area contributed by atoms with Gasteiger partial charge in [0.25, 0.3) is 11.8 Å². The maximum atomic E-state index is 12.5. The molecular formula is C18H17N5O2. The van der Waals surface area contributed by atoms with Crippen LogP contribution in [0, 0.1) is 6.92 Å². The molecule has 2 aromatic heterocycles. The number of fused-ring (bicyclic) bond motifs is 3. The van der Waals surface area contributed by atoms with Crippen molar-refractivity contribution in [2.75, 3.05) is 11.9 Å². The lowest BCUT2D eigenvalue weighted by molar-refractivity contribution is 0.0945. The summed E-state index contributed by atoms with van der Waals surface area (Å²) in [5, 5.41) is 5.63. The fourth-order valence-corrected chi connectivity index (χ4v) is 2.97. The van der Waals surface area contributed by atoms with E-state index in [4.69, 9.17) is 0 Å². The number of hydrogen-bond donors (Lipinski definition) is 2. The van der Waals surface area contributed by atoms with Crippen LogP contribution in [0.3, 0.4) is 0 Å². The van der Waals surface area contributed by atoms with Crippen molar-refractivity contribution in [3.8, 4) is 0 Å². The van der Waals surface area contributed by atoms with E-state index >= 15 is 0 Å². The van der Waals surface area contributed by atoms with Crippen molar-refractivity contribution in [1.82, 2.24) is 19.9 Å². The summed E-state index contributed by atoms with van der Waals surface area (Å²) in [6.45, 7) is 3.26. The van der Waals surface area contributed by atoms with E-state index < -0.39 is 0 Å². The van der Waals surface area contributed by atoms with Gasteiger partial charge in [0.15, 0.2) is 5.82 Å². The summed E-state index contributed by atoms with van der Waals surface area (Å²) < 4.78 is 1.87. The van der Waals surface area contributed by atoms with Crippen molar-refractivity contribution in [2.45, 2.75) is 19.9 Å². The predicted octanol–water partition coefficient (Wildman–Crippen LogP) is 2.13. The lowest BCUT2D eigenvalue weighted by atomic mass is 10.2. The molecule has 3 aromatic rings. The molecule has 1 aliphatic heterocycles. The van der Waals surface area contributed by atoms with Gasteiger partial charge in [-0.2, -0.15) is 0 Å². The van der Waals surface area contributed by atoms with Gasteiger partial charge in [-0.1, -0.05) is 0 Å². The molecule has 0 atom stereocenters. The van der Waals surface area contributed by atoms with E-state index in [0.717, 1.165) is 17.5 Å². The quantitative estimate of drug-likeness (QED) is 0.751. The SMILES string of the molecule is Cc1ccnc(NC(=O)c2ccc3nc4n(c3c2)CCCNC4=O)c1. The highest BCUT2D eigenvalue weighted by Crippen LogP contribution is 2.20. The largest absolute Gasteiger partial charge is 0.349 e. The number of carbonyl (C=O) groups excluding carboxylic acids is 2. The Morgan fingerprint density at radius 3 is 3.00 bits per heavy atom. The summed E-state index contributed by atoms with van der Waals surface area (Å²) in [5.74, 6) is 0.485. The van der Waals surface area contributed by atoms with Gasteiger partial charge in [0, 0.05) is 24.8 Å². The molecule has 0 fully saturated rings. The van der Waals surface area contributed by atoms with Crippen LogP contribution in [0.25, 0.3) is 11.0 Å². The molecule has 4 rings (SSSR count). The van der Waals surface area contributed by atoms with Gasteiger partial charge in [0.1, 0.15) is 5.82 Å². The van der Waals surface area contributed by atoms with Crippen LogP contribution in [0.15, 0.2) is 36.5 Å². The topological polar surface area (TPSA) is 88.9 Å². The molecule has 2 amide bonds. The molecular weight excluding hydrogens is 318 g/mol. The van der Waals surface area contributed by atoms with Crippen LogP contribution >= 0.6 is 0 Å². The first kappa shape index (κ1) is 15.3. The van der Waals surface area contributed by atoms with Crippen molar-refractivity contribution in [3.05, 3.63) is 53.5 Å². The maximum Gasteiger partial charge on any atom is 0.287 e. The van der Waals surface area contributed by atoms with Gasteiger partial charge in [-0.3, -0.25) is 9.59 Å². The second kappa shape index (κ2) is 6.01. The maximum absolute atomic E-state index is 12.5. The molecule has 25 heavy (non-hydrogen) atoms. The molecule has 1 aliphatic rings. The molecule has 0 bridgehead atoms. The zero-order valence-corrected chi connectivity index (χ0v) is 13.7. The van der Waals surface area contributed by atoms with Crippen molar-refractivity contribution >= 4 is 28.7 Å². The number of imidazole rings is 1. The minimum Gasteiger partial charge on any atom is -0.349 e. The third-order valence-electron chi connectivity index (χ3n) is 4.21. The van der Waals surface area contributed by atoms with Gasteiger partial charge in [0.2, 0.25) is 0 Å². The van der Waals surface area contributed by atoms with E-state index in [1.54, 1.807) is 24.4 Å². The zero-order chi connectivity index (χ0) is 17.4. The molecule has 0 saturated heterocycles. The third-order valence-corrected chi connectivity index (χ3v) is 4.21. The Labute approximate surface area is 144 Å². The molecule has 126 valence electrons. The Kier molecular flexibility index (Phi) is 3.68. The van der Waals surface area contributed by atoms with Gasteiger partial charge in [-0.25, -0.2) is 9.97 Å². The lowest BCUT2D eigenvalue weighted by Crippen LogP contribution is -2.23. The number of aromatic nitrogens is 3. The number of anilines is 1. The van der Waals surface area contributed by atoms with E-state index in [9.17, 15) is 9.59 Å². The van der Waals surface area contributed by atoms with Crippen molar-refractivity contribution < 1.29 is 9.59 Å². The molecule has 0 aliphatic carbocycles. The Morgan fingerprint density at radius 2 is 2.16 bits per heavy atom. The van der Waals surface area contributed by atoms with Crippen LogP contribution < -0.4 is 10.6 Å². The molecule has 0 spiro atoms. The van der Waals surface area contributed by atoms with E-state index in [1.165, 1.54) is 0 Å². The third kappa shape index (κ3) is 2.84. The van der Waals surface area contributed by atoms with Gasteiger partial charge < -0.3 is 15.2 Å². The number of amides is 2. The van der Waals surface area contributed by atoms with Gasteiger partial charge in [-0.05, 0) is 49.2 Å². The minimum atomic E-state index is -0.242. The van der Waals surface area contributed by atoms with Crippen LogP contribution in [0.4, 0.5) is 5.82 Å². The smallest absolute Gasteiger partial charge is 0.287 e. The number of carbonyl (C=O) groups is 2. The first-order valence-corrected chi connectivity index (χ1v) is 8.14. The summed E-state index contributed by atoms with van der Waals surface area (Å²) in [4.78, 5) is 33.2. The number of nitrogens with zero attached hydrogens (tertiary/aromatic N) is 3. The number of nitrogens with one attached hydrogen (secondary N) is 2. The van der Waals surface area contributed by atoms with Crippen LogP contribution in [0.2, 0.25) is 0 Å². The van der Waals surface area contributed by atoms with Crippen LogP contribution in [0.5, 0.6) is 0 Å². The molecule has 1 aromatic carbocycles. The number of hydrogen-bond acceptors (Lipinski definition) is 4. The van der Waals surface area contributed by atoms with Crippen molar-refractivity contribution in [1.29, 1.82) is 0 Å². The van der Waals surface area contributed by atoms with Gasteiger partial charge in [0.05, 0.1) is 11.0 Å². The van der Waals surface area contributed by atoms with Crippen molar-refractivity contribution in [3.63, 3.8) is 0 Å². The predicted molar refractivity (Wildman–Crippen MR) is 93.6 cm³/mol. The van der Waals surface area contributed by atoms with Crippen LogP contribution in [-0.2, 0) is 6.54 Å². The highest BCUT2D eigenvalue weighted by Gasteiger charge is 2.20. The summed E-state index contributed by atoms with van der Waals surface area (Å²) in [7, 11) is 0. The number of pyridine rings is 1. The summed E-state index contributed by atoms with van der Waals surface area (Å²) in [6, 6.07) is 8.93. The number of rotatable bonds is 2. The average molecular weight is 335 g/mol. The second-order valence-corrected chi connectivity index (χ2v) is 6.07. The Hall–Kier alpha value is -3.22. The van der Waals surface area contributed by atoms with Gasteiger partial charge in [-0.15, -0.1) is 0 Å². The van der Waals surface area contributed by atoms with Crippen LogP contribution in [-0.4, -0.2) is 32.9 Å². The Morgan fingerprint density at radius 1 is 1.28 bits per heavy atom. The number of benzene rings is 1. The van der Waals surface area contributed by atoms with E-state index in [-0.39, 0.29) is 11.8 Å². The van der Waals surface area contributed by atoms with E-state index in [1.807, 2.05) is 23.6 Å². The fraction of sp³-hybridized carbons (Fsp3) is 0.222. The molecule has 7 nitrogen and oxygen atoms in total. The molecule has 3 heterocycles. The normalized spacial score (nSPS) is 13.9. The summed E-state index contributed by atoms with van der Waals surface area (Å²) in [5.41, 5.74) is 3.02. The molecule has 0 radical (unpaired) electrons. The molecule has 0 saturated carbocycles. The second-order valence-electron chi connectivity index (χ2n) is 6.07. The molecule has 7 heteroatoms. The average Bonchev–Trinajstić information content (AvgIpc) is 2.86. The number of aryl methyl sites for hydroxylation is 2. The first-order valence-electron chi connectivity index (χ1n) is 8.14.